The summed E-state index contributed by atoms with van der Waals surface area (Å²) in [5.74, 6) is 0.560. The molecule has 0 bridgehead atoms. The van der Waals surface area contributed by atoms with Gasteiger partial charge in [0.1, 0.15) is 30.0 Å². The topological polar surface area (TPSA) is 93.5 Å². The monoisotopic (exact) mass is 378 g/mol. The first-order chi connectivity index (χ1) is 12.6. The Morgan fingerprint density at radius 3 is 2.56 bits per heavy atom. The van der Waals surface area contributed by atoms with Crippen LogP contribution in [0.1, 0.15) is 52.9 Å². The van der Waals surface area contributed by atoms with Crippen LogP contribution in [0, 0.1) is 22.7 Å². The Morgan fingerprint density at radius 1 is 1.19 bits per heavy atom. The molecule has 3 aliphatic carbocycles. The van der Waals surface area contributed by atoms with Crippen molar-refractivity contribution in [2.24, 2.45) is 22.7 Å². The first-order valence-corrected chi connectivity index (χ1v) is 10.3. The maximum absolute atomic E-state index is 10.8. The zero-order valence-corrected chi connectivity index (χ0v) is 16.7. The van der Waals surface area contributed by atoms with E-state index in [0.29, 0.717) is 12.3 Å². The van der Waals surface area contributed by atoms with Crippen molar-refractivity contribution in [2.45, 2.75) is 82.9 Å². The number of ether oxygens (including phenoxy) is 1. The van der Waals surface area contributed by atoms with Gasteiger partial charge in [0, 0.05) is 6.61 Å². The molecule has 5 nitrogen and oxygen atoms in total. The van der Waals surface area contributed by atoms with E-state index in [1.807, 2.05) is 0 Å². The average Bonchev–Trinajstić information content (AvgIpc) is 3.37. The van der Waals surface area contributed by atoms with Crippen LogP contribution in [0.25, 0.3) is 0 Å². The van der Waals surface area contributed by atoms with Crippen LogP contribution < -0.4 is 0 Å². The normalized spacial score (nSPS) is 54.8. The van der Waals surface area contributed by atoms with Crippen LogP contribution in [-0.4, -0.2) is 57.0 Å². The predicted octanol–water partition coefficient (Wildman–Crippen LogP) is 1.94. The Kier molecular flexibility index (Phi) is 4.45. The predicted molar refractivity (Wildman–Crippen MR) is 102 cm³/mol. The number of aliphatic hydroxyl groups excluding tert-OH is 4. The Morgan fingerprint density at radius 2 is 1.89 bits per heavy atom. The van der Waals surface area contributed by atoms with Gasteiger partial charge in [0.25, 0.3) is 0 Å². The minimum Gasteiger partial charge on any atom is -0.396 e. The minimum atomic E-state index is -1.16. The van der Waals surface area contributed by atoms with Gasteiger partial charge in [-0.3, -0.25) is 0 Å². The highest BCUT2D eigenvalue weighted by molar-refractivity contribution is 5.32. The van der Waals surface area contributed by atoms with Crippen molar-refractivity contribution in [3.63, 3.8) is 0 Å². The molecule has 1 heterocycles. The zero-order chi connectivity index (χ0) is 19.8. The molecule has 0 amide bonds. The van der Waals surface area contributed by atoms with E-state index in [0.717, 1.165) is 25.7 Å². The van der Waals surface area contributed by atoms with Gasteiger partial charge in [-0.2, -0.15) is 0 Å². The van der Waals surface area contributed by atoms with Gasteiger partial charge in [-0.25, -0.2) is 0 Å². The molecule has 27 heavy (non-hydrogen) atoms. The van der Waals surface area contributed by atoms with Crippen LogP contribution in [-0.2, 0) is 4.74 Å². The molecule has 1 aliphatic heterocycles. The van der Waals surface area contributed by atoms with E-state index in [1.54, 1.807) is 0 Å². The van der Waals surface area contributed by atoms with Gasteiger partial charge in [0.05, 0.1) is 0 Å². The Bertz CT molecular complexity index is 674. The van der Waals surface area contributed by atoms with Crippen molar-refractivity contribution in [1.29, 1.82) is 0 Å². The molecule has 1 saturated heterocycles. The summed E-state index contributed by atoms with van der Waals surface area (Å²) in [5.41, 5.74) is 0.538. The van der Waals surface area contributed by atoms with Crippen LogP contribution in [0.5, 0.6) is 0 Å². The quantitative estimate of drug-likeness (QED) is 0.445. The molecule has 2 saturated carbocycles. The molecule has 9 atom stereocenters. The second-order valence-corrected chi connectivity index (χ2v) is 10.1. The lowest BCUT2D eigenvalue weighted by Crippen LogP contribution is -2.56. The smallest absolute Gasteiger partial charge is 0.127 e. The number of rotatable bonds is 3. The highest BCUT2D eigenvalue weighted by atomic mass is 16.6. The molecule has 5 heteroatoms. The highest BCUT2D eigenvalue weighted by Crippen LogP contribution is 2.63. The average molecular weight is 379 g/mol. The Labute approximate surface area is 161 Å². The number of hydrogen-bond donors (Lipinski definition) is 4. The van der Waals surface area contributed by atoms with E-state index < -0.39 is 30.0 Å². The summed E-state index contributed by atoms with van der Waals surface area (Å²) >= 11 is 0. The van der Waals surface area contributed by atoms with Crippen LogP contribution in [0.15, 0.2) is 23.8 Å². The lowest BCUT2D eigenvalue weighted by Gasteiger charge is -2.58. The lowest BCUT2D eigenvalue weighted by molar-refractivity contribution is -0.0896. The number of aliphatic hydroxyl groups is 4. The van der Waals surface area contributed by atoms with E-state index in [2.05, 4.69) is 33.4 Å². The molecule has 0 unspecified atom stereocenters. The van der Waals surface area contributed by atoms with Crippen LogP contribution in [0.3, 0.4) is 0 Å². The zero-order valence-electron chi connectivity index (χ0n) is 16.7. The van der Waals surface area contributed by atoms with Crippen molar-refractivity contribution in [2.75, 3.05) is 6.61 Å². The molecule has 0 aromatic carbocycles. The fourth-order valence-electron chi connectivity index (χ4n) is 6.75. The first kappa shape index (κ1) is 19.6. The van der Waals surface area contributed by atoms with Gasteiger partial charge in [-0.05, 0) is 60.8 Å². The maximum atomic E-state index is 10.8. The van der Waals surface area contributed by atoms with Crippen molar-refractivity contribution < 1.29 is 25.2 Å². The van der Waals surface area contributed by atoms with Crippen molar-refractivity contribution >= 4 is 0 Å². The second-order valence-electron chi connectivity index (χ2n) is 10.1. The summed E-state index contributed by atoms with van der Waals surface area (Å²) in [6.07, 6.45) is 3.37. The molecule has 0 spiro atoms. The van der Waals surface area contributed by atoms with E-state index in [4.69, 9.17) is 4.74 Å². The second kappa shape index (κ2) is 6.14. The Hall–Kier alpha value is -0.720. The molecule has 4 rings (SSSR count). The van der Waals surface area contributed by atoms with Gasteiger partial charge in [-0.1, -0.05) is 38.5 Å². The molecule has 4 aliphatic rings. The van der Waals surface area contributed by atoms with Gasteiger partial charge in [0.2, 0.25) is 0 Å². The summed E-state index contributed by atoms with van der Waals surface area (Å²) in [7, 11) is 0. The minimum absolute atomic E-state index is 0.00386. The van der Waals surface area contributed by atoms with Gasteiger partial charge in [-0.15, -0.1) is 0 Å². The van der Waals surface area contributed by atoms with Crippen LogP contribution in [0.4, 0.5) is 0 Å². The van der Waals surface area contributed by atoms with Gasteiger partial charge >= 0.3 is 0 Å². The molecule has 4 N–H and O–H groups in total. The molecule has 0 aromatic heterocycles. The van der Waals surface area contributed by atoms with E-state index in [9.17, 15) is 20.4 Å². The first-order valence-electron chi connectivity index (χ1n) is 10.3. The summed E-state index contributed by atoms with van der Waals surface area (Å²) in [4.78, 5) is 0. The molecule has 152 valence electrons. The SMILES string of the molecule is C=C1[C@@H](O)[C@H](O)[C@]2(C[C@@H]3C(C)=CC[C@@H]4[C@@](C)(CO)CCC[C@@]34C)O[C@@H]2[C@H]1O. The van der Waals surface area contributed by atoms with Crippen molar-refractivity contribution in [3.05, 3.63) is 23.8 Å². The summed E-state index contributed by atoms with van der Waals surface area (Å²) in [5, 5.41) is 41.6. The maximum Gasteiger partial charge on any atom is 0.127 e. The standard InChI is InChI=1S/C22H34O5/c1-12-6-7-15-20(3,11-23)8-5-9-21(15,4)14(12)10-22-18(26)16(24)13(2)17(25)19(22)27-22/h6,14-19,23-26H,2,5,7-11H2,1,3-4H3/t14-,15-,16-,17+,18+,19-,20-,21+,22+/m1/s1. The van der Waals surface area contributed by atoms with E-state index in [1.165, 1.54) is 5.57 Å². The number of fused-ring (bicyclic) bond motifs is 2. The van der Waals surface area contributed by atoms with E-state index >= 15 is 0 Å². The molecule has 3 fully saturated rings. The van der Waals surface area contributed by atoms with Crippen molar-refractivity contribution in [3.8, 4) is 0 Å². The number of hydrogen-bond acceptors (Lipinski definition) is 5. The molecule has 0 aromatic rings. The summed E-state index contributed by atoms with van der Waals surface area (Å²) in [6.45, 7) is 10.6. The van der Waals surface area contributed by atoms with E-state index in [-0.39, 0.29) is 28.9 Å². The summed E-state index contributed by atoms with van der Waals surface area (Å²) < 4.78 is 5.89. The highest BCUT2D eigenvalue weighted by Gasteiger charge is 2.71. The largest absolute Gasteiger partial charge is 0.396 e. The van der Waals surface area contributed by atoms with Crippen LogP contribution in [0.2, 0.25) is 0 Å². The number of epoxide rings is 1. The van der Waals surface area contributed by atoms with Crippen LogP contribution >= 0.6 is 0 Å². The number of allylic oxidation sites excluding steroid dienone is 2. The fourth-order valence-corrected chi connectivity index (χ4v) is 6.75. The molecule has 0 radical (unpaired) electrons. The third-order valence-corrected chi connectivity index (χ3v) is 8.62. The Balaban J connectivity index is 1.67. The lowest BCUT2D eigenvalue weighted by atomic mass is 9.47. The third kappa shape index (κ3) is 2.55. The molecular formula is C22H34O5. The third-order valence-electron chi connectivity index (χ3n) is 8.62. The van der Waals surface area contributed by atoms with Gasteiger partial charge in [0.15, 0.2) is 0 Å². The molecular weight excluding hydrogens is 344 g/mol. The summed E-state index contributed by atoms with van der Waals surface area (Å²) in [6, 6.07) is 0. The van der Waals surface area contributed by atoms with Crippen molar-refractivity contribution in [1.82, 2.24) is 0 Å². The van der Waals surface area contributed by atoms with Gasteiger partial charge < -0.3 is 25.2 Å². The fraction of sp³-hybridized carbons (Fsp3) is 0.818.